The number of alkyl halides is 3. The van der Waals surface area contributed by atoms with E-state index in [9.17, 15) is 28.1 Å². The number of anilines is 2. The number of halogens is 3. The molecule has 0 bridgehead atoms. The normalized spacial score (nSPS) is 10.8. The van der Waals surface area contributed by atoms with Crippen molar-refractivity contribution in [1.82, 2.24) is 0 Å². The highest BCUT2D eigenvalue weighted by Crippen LogP contribution is 2.24. The fourth-order valence-corrected chi connectivity index (χ4v) is 1.70. The molecule has 0 aliphatic rings. The molecule has 2 aromatic rings. The van der Waals surface area contributed by atoms with Crippen molar-refractivity contribution in [3.63, 3.8) is 0 Å². The SMILES string of the molecule is O=C(Nc1ccc(OC(F)(F)F)cc1)Nc1ccc([N+](=O)[O-])cc1. The Morgan fingerprint density at radius 3 is 1.83 bits per heavy atom. The topological polar surface area (TPSA) is 93.5 Å². The summed E-state index contributed by atoms with van der Waals surface area (Å²) in [5, 5.41) is 15.3. The molecule has 0 aliphatic carbocycles. The summed E-state index contributed by atoms with van der Waals surface area (Å²) < 4.78 is 39.8. The van der Waals surface area contributed by atoms with Crippen molar-refractivity contribution < 1.29 is 27.6 Å². The van der Waals surface area contributed by atoms with Crippen molar-refractivity contribution in [2.75, 3.05) is 10.6 Å². The second-order valence-electron chi connectivity index (χ2n) is 4.46. The molecule has 2 rings (SSSR count). The van der Waals surface area contributed by atoms with Crippen molar-refractivity contribution in [1.29, 1.82) is 0 Å². The quantitative estimate of drug-likeness (QED) is 0.646. The van der Waals surface area contributed by atoms with Gasteiger partial charge in [0.25, 0.3) is 5.69 Å². The van der Waals surface area contributed by atoms with Crippen molar-refractivity contribution in [3.05, 3.63) is 58.6 Å². The molecular formula is C14H10F3N3O4. The highest BCUT2D eigenvalue weighted by molar-refractivity contribution is 5.99. The lowest BCUT2D eigenvalue weighted by Gasteiger charge is -2.10. The average molecular weight is 341 g/mol. The molecule has 2 aromatic carbocycles. The molecule has 2 amide bonds. The van der Waals surface area contributed by atoms with Gasteiger partial charge in [-0.1, -0.05) is 0 Å². The maximum absolute atomic E-state index is 12.0. The van der Waals surface area contributed by atoms with Crippen LogP contribution in [0.25, 0.3) is 0 Å². The van der Waals surface area contributed by atoms with Gasteiger partial charge >= 0.3 is 12.4 Å². The molecule has 0 aliphatic heterocycles. The minimum absolute atomic E-state index is 0.124. The van der Waals surface area contributed by atoms with E-state index >= 15 is 0 Å². The first-order chi connectivity index (χ1) is 11.2. The lowest BCUT2D eigenvalue weighted by atomic mass is 10.3. The van der Waals surface area contributed by atoms with Gasteiger partial charge in [0.15, 0.2) is 0 Å². The number of benzene rings is 2. The standard InChI is InChI=1S/C14H10F3N3O4/c15-14(16,17)24-12-7-3-10(4-8-12)19-13(21)18-9-1-5-11(6-2-9)20(22)23/h1-8H,(H2,18,19,21). The van der Waals surface area contributed by atoms with Crippen LogP contribution >= 0.6 is 0 Å². The van der Waals surface area contributed by atoms with Gasteiger partial charge in [0.1, 0.15) is 5.75 Å². The molecule has 10 heteroatoms. The van der Waals surface area contributed by atoms with E-state index < -0.39 is 23.1 Å². The second-order valence-corrected chi connectivity index (χ2v) is 4.46. The van der Waals surface area contributed by atoms with E-state index in [0.29, 0.717) is 5.69 Å². The van der Waals surface area contributed by atoms with E-state index in [1.54, 1.807) is 0 Å². The van der Waals surface area contributed by atoms with Crippen molar-refractivity contribution in [2.45, 2.75) is 6.36 Å². The Morgan fingerprint density at radius 2 is 1.42 bits per heavy atom. The van der Waals surface area contributed by atoms with E-state index in [4.69, 9.17) is 0 Å². The van der Waals surface area contributed by atoms with E-state index in [-0.39, 0.29) is 11.4 Å². The monoisotopic (exact) mass is 341 g/mol. The van der Waals surface area contributed by atoms with Crippen LogP contribution in [0.1, 0.15) is 0 Å². The van der Waals surface area contributed by atoms with E-state index in [1.165, 1.54) is 36.4 Å². The van der Waals surface area contributed by atoms with E-state index in [1.807, 2.05) is 0 Å². The largest absolute Gasteiger partial charge is 0.573 e. The number of nitro groups is 1. The van der Waals surface area contributed by atoms with Crippen LogP contribution in [-0.4, -0.2) is 17.3 Å². The summed E-state index contributed by atoms with van der Waals surface area (Å²) in [5.41, 5.74) is 0.431. The van der Waals surface area contributed by atoms with Crippen LogP contribution in [-0.2, 0) is 0 Å². The third-order valence-corrected chi connectivity index (χ3v) is 2.68. The summed E-state index contributed by atoms with van der Waals surface area (Å²) in [4.78, 5) is 21.7. The molecule has 0 saturated heterocycles. The van der Waals surface area contributed by atoms with Crippen LogP contribution in [0.4, 0.5) is 35.0 Å². The Hall–Kier alpha value is -3.30. The molecule has 0 saturated carbocycles. The van der Waals surface area contributed by atoms with Crippen LogP contribution < -0.4 is 15.4 Å². The third kappa shape index (κ3) is 5.16. The number of urea groups is 1. The number of hydrogen-bond donors (Lipinski definition) is 2. The Kier molecular flexibility index (Phi) is 4.87. The number of hydrogen-bond acceptors (Lipinski definition) is 4. The van der Waals surface area contributed by atoms with Crippen molar-refractivity contribution in [2.24, 2.45) is 0 Å². The van der Waals surface area contributed by atoms with Crippen LogP contribution in [0.15, 0.2) is 48.5 Å². The first-order valence-corrected chi connectivity index (χ1v) is 6.41. The minimum atomic E-state index is -4.79. The highest BCUT2D eigenvalue weighted by atomic mass is 19.4. The summed E-state index contributed by atoms with van der Waals surface area (Å²) in [6.07, 6.45) is -4.79. The van der Waals surface area contributed by atoms with Gasteiger partial charge in [-0.15, -0.1) is 13.2 Å². The molecule has 126 valence electrons. The third-order valence-electron chi connectivity index (χ3n) is 2.68. The lowest BCUT2D eigenvalue weighted by molar-refractivity contribution is -0.384. The molecule has 0 fully saturated rings. The lowest BCUT2D eigenvalue weighted by Crippen LogP contribution is -2.19. The van der Waals surface area contributed by atoms with Gasteiger partial charge in [-0.3, -0.25) is 10.1 Å². The number of amides is 2. The summed E-state index contributed by atoms with van der Waals surface area (Å²) in [7, 11) is 0. The summed E-state index contributed by atoms with van der Waals surface area (Å²) >= 11 is 0. The maximum atomic E-state index is 12.0. The zero-order valence-corrected chi connectivity index (χ0v) is 11.8. The molecule has 24 heavy (non-hydrogen) atoms. The highest BCUT2D eigenvalue weighted by Gasteiger charge is 2.30. The van der Waals surface area contributed by atoms with Crippen LogP contribution in [0.3, 0.4) is 0 Å². The van der Waals surface area contributed by atoms with Gasteiger partial charge in [-0.25, -0.2) is 4.79 Å². The molecule has 0 radical (unpaired) electrons. The Bertz CT molecular complexity index is 730. The molecule has 0 spiro atoms. The van der Waals surface area contributed by atoms with Gasteiger partial charge in [0, 0.05) is 23.5 Å². The van der Waals surface area contributed by atoms with Crippen LogP contribution in [0.5, 0.6) is 5.75 Å². The number of carbonyl (C=O) groups is 1. The van der Waals surface area contributed by atoms with Gasteiger partial charge < -0.3 is 15.4 Å². The number of nitrogens with zero attached hydrogens (tertiary/aromatic N) is 1. The van der Waals surface area contributed by atoms with Crippen molar-refractivity contribution >= 4 is 23.1 Å². The van der Waals surface area contributed by atoms with Gasteiger partial charge in [0.05, 0.1) is 4.92 Å². The molecule has 7 nitrogen and oxygen atoms in total. The average Bonchev–Trinajstić information content (AvgIpc) is 2.48. The van der Waals surface area contributed by atoms with Gasteiger partial charge in [-0.2, -0.15) is 0 Å². The molecule has 0 aromatic heterocycles. The van der Waals surface area contributed by atoms with E-state index in [2.05, 4.69) is 15.4 Å². The number of ether oxygens (including phenoxy) is 1. The fourth-order valence-electron chi connectivity index (χ4n) is 1.70. The zero-order chi connectivity index (χ0) is 17.7. The van der Waals surface area contributed by atoms with Crippen molar-refractivity contribution in [3.8, 4) is 5.75 Å². The zero-order valence-electron chi connectivity index (χ0n) is 11.8. The summed E-state index contributed by atoms with van der Waals surface area (Å²) in [6.45, 7) is 0. The summed E-state index contributed by atoms with van der Waals surface area (Å²) in [5.74, 6) is -0.413. The number of carbonyl (C=O) groups excluding carboxylic acids is 1. The molecule has 0 heterocycles. The number of nitro benzene ring substituents is 1. The molecule has 0 unspecified atom stereocenters. The van der Waals surface area contributed by atoms with E-state index in [0.717, 1.165) is 12.1 Å². The first-order valence-electron chi connectivity index (χ1n) is 6.41. The van der Waals surface area contributed by atoms with Crippen LogP contribution in [0.2, 0.25) is 0 Å². The predicted molar refractivity (Wildman–Crippen MR) is 78.9 cm³/mol. The molecular weight excluding hydrogens is 331 g/mol. The number of rotatable bonds is 4. The Labute approximate surface area is 133 Å². The smallest absolute Gasteiger partial charge is 0.406 e. The molecule has 2 N–H and O–H groups in total. The first kappa shape index (κ1) is 17.1. The summed E-state index contributed by atoms with van der Waals surface area (Å²) in [6, 6.07) is 9.04. The second kappa shape index (κ2) is 6.86. The van der Waals surface area contributed by atoms with Gasteiger partial charge in [-0.05, 0) is 36.4 Å². The predicted octanol–water partition coefficient (Wildman–Crippen LogP) is 4.14. The fraction of sp³-hybridized carbons (Fsp3) is 0.0714. The molecule has 0 atom stereocenters. The Morgan fingerprint density at radius 1 is 0.958 bits per heavy atom. The Balaban J connectivity index is 1.93. The van der Waals surface area contributed by atoms with Gasteiger partial charge in [0.2, 0.25) is 0 Å². The number of nitrogens with one attached hydrogen (secondary N) is 2. The number of non-ortho nitro benzene ring substituents is 1. The van der Waals surface area contributed by atoms with Crippen LogP contribution in [0, 0.1) is 10.1 Å². The minimum Gasteiger partial charge on any atom is -0.406 e. The maximum Gasteiger partial charge on any atom is 0.573 e.